The molecule has 12 heavy (non-hydrogen) atoms. The minimum atomic E-state index is 0.0905. The Morgan fingerprint density at radius 3 is 2.58 bits per heavy atom. The smallest absolute Gasteiger partial charge is 0.0702 e. The summed E-state index contributed by atoms with van der Waals surface area (Å²) in [7, 11) is 0. The highest BCUT2D eigenvalue weighted by Gasteiger charge is 2.07. The molecule has 0 amide bonds. The Kier molecular flexibility index (Phi) is 2.82. The van der Waals surface area contributed by atoms with Gasteiger partial charge in [0.25, 0.3) is 0 Å². The van der Waals surface area contributed by atoms with Gasteiger partial charge in [-0.05, 0) is 24.5 Å². The molecule has 0 radical (unpaired) electrons. The Morgan fingerprint density at radius 1 is 1.50 bits per heavy atom. The second kappa shape index (κ2) is 3.68. The SMILES string of the molecule is Cc1nccc(C(C)C)c1CO. The lowest BCUT2D eigenvalue weighted by Gasteiger charge is -2.11. The number of aromatic nitrogens is 1. The first kappa shape index (κ1) is 9.20. The fourth-order valence-corrected chi connectivity index (χ4v) is 1.36. The average molecular weight is 165 g/mol. The molecule has 0 saturated heterocycles. The van der Waals surface area contributed by atoms with Gasteiger partial charge in [0.05, 0.1) is 6.61 Å². The van der Waals surface area contributed by atoms with E-state index in [1.807, 2.05) is 13.0 Å². The zero-order chi connectivity index (χ0) is 9.14. The van der Waals surface area contributed by atoms with Crippen molar-refractivity contribution in [3.05, 3.63) is 29.1 Å². The molecule has 66 valence electrons. The third-order valence-corrected chi connectivity index (χ3v) is 2.09. The summed E-state index contributed by atoms with van der Waals surface area (Å²) in [5.74, 6) is 0.453. The quantitative estimate of drug-likeness (QED) is 0.727. The number of aliphatic hydroxyl groups excluding tert-OH is 1. The molecule has 1 aromatic rings. The number of hydrogen-bond donors (Lipinski definition) is 1. The molecule has 0 bridgehead atoms. The zero-order valence-electron chi connectivity index (χ0n) is 7.83. The molecule has 0 unspecified atom stereocenters. The van der Waals surface area contributed by atoms with Crippen molar-refractivity contribution in [2.75, 3.05) is 0 Å². The first-order valence-electron chi connectivity index (χ1n) is 4.22. The molecule has 0 aliphatic heterocycles. The number of pyridine rings is 1. The van der Waals surface area contributed by atoms with Crippen molar-refractivity contribution >= 4 is 0 Å². The maximum atomic E-state index is 9.11. The second-order valence-electron chi connectivity index (χ2n) is 3.28. The van der Waals surface area contributed by atoms with Crippen molar-refractivity contribution in [1.82, 2.24) is 4.98 Å². The van der Waals surface area contributed by atoms with Crippen LogP contribution in [-0.2, 0) is 6.61 Å². The molecule has 0 atom stereocenters. The topological polar surface area (TPSA) is 33.1 Å². The van der Waals surface area contributed by atoms with E-state index >= 15 is 0 Å². The van der Waals surface area contributed by atoms with Crippen LogP contribution in [0.15, 0.2) is 12.3 Å². The van der Waals surface area contributed by atoms with Crippen molar-refractivity contribution in [3.63, 3.8) is 0 Å². The third kappa shape index (κ3) is 1.64. The molecule has 1 heterocycles. The molecule has 0 aliphatic rings. The van der Waals surface area contributed by atoms with Gasteiger partial charge in [0.1, 0.15) is 0 Å². The maximum Gasteiger partial charge on any atom is 0.0702 e. The molecule has 1 N–H and O–H groups in total. The summed E-state index contributed by atoms with van der Waals surface area (Å²) >= 11 is 0. The predicted molar refractivity (Wildman–Crippen MR) is 49.0 cm³/mol. The van der Waals surface area contributed by atoms with Crippen LogP contribution in [0.2, 0.25) is 0 Å². The van der Waals surface area contributed by atoms with Crippen LogP contribution in [0.4, 0.5) is 0 Å². The van der Waals surface area contributed by atoms with Crippen molar-refractivity contribution in [2.45, 2.75) is 33.3 Å². The lowest BCUT2D eigenvalue weighted by atomic mass is 9.98. The summed E-state index contributed by atoms with van der Waals surface area (Å²) in [6, 6.07) is 1.98. The van der Waals surface area contributed by atoms with E-state index in [0.29, 0.717) is 5.92 Å². The summed E-state index contributed by atoms with van der Waals surface area (Å²) in [6.07, 6.45) is 1.80. The van der Waals surface area contributed by atoms with Crippen LogP contribution in [0.25, 0.3) is 0 Å². The minimum Gasteiger partial charge on any atom is -0.392 e. The van der Waals surface area contributed by atoms with Gasteiger partial charge in [-0.1, -0.05) is 13.8 Å². The normalized spacial score (nSPS) is 10.8. The lowest BCUT2D eigenvalue weighted by Crippen LogP contribution is -2.00. The lowest BCUT2D eigenvalue weighted by molar-refractivity contribution is 0.278. The van der Waals surface area contributed by atoms with Gasteiger partial charge in [0.15, 0.2) is 0 Å². The van der Waals surface area contributed by atoms with Gasteiger partial charge >= 0.3 is 0 Å². The average Bonchev–Trinajstić information content (AvgIpc) is 2.03. The van der Waals surface area contributed by atoms with Crippen LogP contribution in [0.5, 0.6) is 0 Å². The molecule has 1 aromatic heterocycles. The molecule has 2 nitrogen and oxygen atoms in total. The molecule has 0 aromatic carbocycles. The second-order valence-corrected chi connectivity index (χ2v) is 3.28. The highest BCUT2D eigenvalue weighted by molar-refractivity contribution is 5.30. The maximum absolute atomic E-state index is 9.11. The van der Waals surface area contributed by atoms with Gasteiger partial charge in [-0.15, -0.1) is 0 Å². The largest absolute Gasteiger partial charge is 0.392 e. The number of hydrogen-bond acceptors (Lipinski definition) is 2. The van der Waals surface area contributed by atoms with Gasteiger partial charge in [-0.3, -0.25) is 4.98 Å². The van der Waals surface area contributed by atoms with Crippen LogP contribution in [0.1, 0.15) is 36.6 Å². The molecule has 0 spiro atoms. The van der Waals surface area contributed by atoms with Gasteiger partial charge in [0.2, 0.25) is 0 Å². The molecule has 0 aliphatic carbocycles. The summed E-state index contributed by atoms with van der Waals surface area (Å²) < 4.78 is 0. The van der Waals surface area contributed by atoms with Gasteiger partial charge in [0, 0.05) is 17.5 Å². The van der Waals surface area contributed by atoms with Crippen molar-refractivity contribution in [1.29, 1.82) is 0 Å². The summed E-state index contributed by atoms with van der Waals surface area (Å²) in [4.78, 5) is 4.13. The molecule has 0 saturated carbocycles. The van der Waals surface area contributed by atoms with Crippen molar-refractivity contribution in [3.8, 4) is 0 Å². The van der Waals surface area contributed by atoms with Gasteiger partial charge in [-0.2, -0.15) is 0 Å². The van der Waals surface area contributed by atoms with E-state index < -0.39 is 0 Å². The summed E-state index contributed by atoms with van der Waals surface area (Å²) in [5, 5.41) is 9.11. The van der Waals surface area contributed by atoms with Gasteiger partial charge in [-0.25, -0.2) is 0 Å². The van der Waals surface area contributed by atoms with Crippen molar-refractivity contribution in [2.24, 2.45) is 0 Å². The fourth-order valence-electron chi connectivity index (χ4n) is 1.36. The fraction of sp³-hybridized carbons (Fsp3) is 0.500. The number of rotatable bonds is 2. The Balaban J connectivity index is 3.18. The van der Waals surface area contributed by atoms with Gasteiger partial charge < -0.3 is 5.11 Å². The van der Waals surface area contributed by atoms with E-state index in [2.05, 4.69) is 18.8 Å². The molecule has 1 rings (SSSR count). The highest BCUT2D eigenvalue weighted by Crippen LogP contribution is 2.20. The van der Waals surface area contributed by atoms with E-state index in [1.165, 1.54) is 5.56 Å². The molecule has 0 fully saturated rings. The predicted octanol–water partition coefficient (Wildman–Crippen LogP) is 2.01. The zero-order valence-corrected chi connectivity index (χ0v) is 7.83. The monoisotopic (exact) mass is 165 g/mol. The molecule has 2 heteroatoms. The minimum absolute atomic E-state index is 0.0905. The van der Waals surface area contributed by atoms with E-state index in [4.69, 9.17) is 5.11 Å². The van der Waals surface area contributed by atoms with Crippen LogP contribution in [0.3, 0.4) is 0 Å². The number of aliphatic hydroxyl groups is 1. The van der Waals surface area contributed by atoms with Crippen LogP contribution in [0, 0.1) is 6.92 Å². The Bertz CT molecular complexity index is 269. The highest BCUT2D eigenvalue weighted by atomic mass is 16.3. The Labute approximate surface area is 73.3 Å². The Hall–Kier alpha value is -0.890. The first-order valence-corrected chi connectivity index (χ1v) is 4.22. The first-order chi connectivity index (χ1) is 5.66. The molecular formula is C10H15NO. The van der Waals surface area contributed by atoms with Crippen LogP contribution in [-0.4, -0.2) is 10.1 Å². The van der Waals surface area contributed by atoms with Crippen molar-refractivity contribution < 1.29 is 5.11 Å². The van der Waals surface area contributed by atoms with E-state index in [-0.39, 0.29) is 6.61 Å². The standard InChI is InChI=1S/C10H15NO/c1-7(2)9-4-5-11-8(3)10(9)6-12/h4-5,7,12H,6H2,1-3H3. The summed E-state index contributed by atoms with van der Waals surface area (Å²) in [6.45, 7) is 6.26. The third-order valence-electron chi connectivity index (χ3n) is 2.09. The van der Waals surface area contributed by atoms with E-state index in [0.717, 1.165) is 11.3 Å². The number of nitrogens with zero attached hydrogens (tertiary/aromatic N) is 1. The molecular weight excluding hydrogens is 150 g/mol. The van der Waals surface area contributed by atoms with E-state index in [1.54, 1.807) is 6.20 Å². The van der Waals surface area contributed by atoms with Crippen LogP contribution < -0.4 is 0 Å². The Morgan fingerprint density at radius 2 is 2.17 bits per heavy atom. The number of aryl methyl sites for hydroxylation is 1. The summed E-state index contributed by atoms with van der Waals surface area (Å²) in [5.41, 5.74) is 3.11. The van der Waals surface area contributed by atoms with Crippen LogP contribution >= 0.6 is 0 Å². The van der Waals surface area contributed by atoms with E-state index in [9.17, 15) is 0 Å².